The number of rotatable bonds is 5. The molecule has 1 aromatic rings. The fourth-order valence-corrected chi connectivity index (χ4v) is 1.76. The van der Waals surface area contributed by atoms with Crippen molar-refractivity contribution in [3.8, 4) is 0 Å². The summed E-state index contributed by atoms with van der Waals surface area (Å²) in [5.74, 6) is -0.603. The van der Waals surface area contributed by atoms with Crippen LogP contribution in [0, 0.1) is 0 Å². The highest BCUT2D eigenvalue weighted by atomic mass is 16.2. The Bertz CT molecular complexity index is 598. The zero-order valence-corrected chi connectivity index (χ0v) is 12.1. The monoisotopic (exact) mass is 286 g/mol. The number of benzene rings is 1. The Morgan fingerprint density at radius 1 is 1.10 bits per heavy atom. The van der Waals surface area contributed by atoms with Gasteiger partial charge in [0.2, 0.25) is 11.8 Å². The molecule has 110 valence electrons. The Hall–Kier alpha value is -2.43. The largest absolute Gasteiger partial charge is 0.350 e. The SMILES string of the molecule is CC(=O)c1ccc(NC(=O)/C=C(/C)C(=O)NC2CC2)cc1. The summed E-state index contributed by atoms with van der Waals surface area (Å²) < 4.78 is 0. The summed E-state index contributed by atoms with van der Waals surface area (Å²) >= 11 is 0. The number of amides is 2. The van der Waals surface area contributed by atoms with Gasteiger partial charge in [-0.15, -0.1) is 0 Å². The average Bonchev–Trinajstić information content (AvgIpc) is 3.23. The fourth-order valence-electron chi connectivity index (χ4n) is 1.76. The van der Waals surface area contributed by atoms with Gasteiger partial charge in [0.1, 0.15) is 0 Å². The topological polar surface area (TPSA) is 75.3 Å². The Morgan fingerprint density at radius 3 is 2.24 bits per heavy atom. The Labute approximate surface area is 123 Å². The van der Waals surface area contributed by atoms with Crippen LogP contribution in [0.2, 0.25) is 0 Å². The van der Waals surface area contributed by atoms with Crippen molar-refractivity contribution in [2.75, 3.05) is 5.32 Å². The quantitative estimate of drug-likeness (QED) is 0.642. The van der Waals surface area contributed by atoms with Gasteiger partial charge < -0.3 is 10.6 Å². The van der Waals surface area contributed by atoms with Gasteiger partial charge in [-0.1, -0.05) is 0 Å². The second-order valence-corrected chi connectivity index (χ2v) is 5.20. The number of carbonyl (C=O) groups excluding carboxylic acids is 3. The summed E-state index contributed by atoms with van der Waals surface area (Å²) in [5, 5.41) is 5.47. The first-order valence-electron chi connectivity index (χ1n) is 6.87. The molecule has 2 rings (SSSR count). The van der Waals surface area contributed by atoms with Crippen LogP contribution in [-0.2, 0) is 9.59 Å². The smallest absolute Gasteiger partial charge is 0.248 e. The van der Waals surface area contributed by atoms with Crippen LogP contribution in [0.4, 0.5) is 5.69 Å². The third kappa shape index (κ3) is 4.56. The van der Waals surface area contributed by atoms with E-state index in [0.717, 1.165) is 12.8 Å². The maximum Gasteiger partial charge on any atom is 0.248 e. The van der Waals surface area contributed by atoms with Crippen molar-refractivity contribution in [2.24, 2.45) is 0 Å². The van der Waals surface area contributed by atoms with Crippen molar-refractivity contribution >= 4 is 23.3 Å². The Morgan fingerprint density at radius 2 is 1.71 bits per heavy atom. The summed E-state index contributed by atoms with van der Waals surface area (Å²) in [4.78, 5) is 34.7. The van der Waals surface area contributed by atoms with E-state index in [-0.39, 0.29) is 23.6 Å². The molecule has 0 unspecified atom stereocenters. The molecule has 0 saturated heterocycles. The molecule has 2 N–H and O–H groups in total. The molecule has 5 heteroatoms. The van der Waals surface area contributed by atoms with E-state index < -0.39 is 0 Å². The molecular formula is C16H18N2O3. The van der Waals surface area contributed by atoms with Crippen LogP contribution in [-0.4, -0.2) is 23.6 Å². The Kier molecular flexibility index (Phi) is 4.52. The number of anilines is 1. The van der Waals surface area contributed by atoms with Crippen molar-refractivity contribution in [3.63, 3.8) is 0 Å². The minimum atomic E-state index is -0.367. The van der Waals surface area contributed by atoms with Crippen LogP contribution in [0.25, 0.3) is 0 Å². The fraction of sp³-hybridized carbons (Fsp3) is 0.312. The molecular weight excluding hydrogens is 268 g/mol. The third-order valence-corrected chi connectivity index (χ3v) is 3.18. The van der Waals surface area contributed by atoms with E-state index in [4.69, 9.17) is 0 Å². The first-order chi connectivity index (χ1) is 9.95. The van der Waals surface area contributed by atoms with Crippen LogP contribution in [0.1, 0.15) is 37.0 Å². The van der Waals surface area contributed by atoms with Crippen LogP contribution in [0.15, 0.2) is 35.9 Å². The predicted octanol–water partition coefficient (Wildman–Crippen LogP) is 2.05. The third-order valence-electron chi connectivity index (χ3n) is 3.18. The molecule has 0 bridgehead atoms. The lowest BCUT2D eigenvalue weighted by Crippen LogP contribution is -2.26. The van der Waals surface area contributed by atoms with Crippen molar-refractivity contribution in [2.45, 2.75) is 32.7 Å². The molecule has 1 aliphatic rings. The zero-order valence-electron chi connectivity index (χ0n) is 12.1. The lowest BCUT2D eigenvalue weighted by atomic mass is 10.1. The van der Waals surface area contributed by atoms with E-state index in [1.807, 2.05) is 0 Å². The number of carbonyl (C=O) groups is 3. The van der Waals surface area contributed by atoms with E-state index in [1.165, 1.54) is 13.0 Å². The average molecular weight is 286 g/mol. The number of hydrogen-bond acceptors (Lipinski definition) is 3. The summed E-state index contributed by atoms with van der Waals surface area (Å²) in [6.07, 6.45) is 3.29. The van der Waals surface area contributed by atoms with Gasteiger partial charge in [0, 0.05) is 28.9 Å². The second-order valence-electron chi connectivity index (χ2n) is 5.20. The van der Waals surface area contributed by atoms with Crippen LogP contribution >= 0.6 is 0 Å². The van der Waals surface area contributed by atoms with E-state index >= 15 is 0 Å². The van der Waals surface area contributed by atoms with Crippen molar-refractivity contribution in [1.82, 2.24) is 5.32 Å². The molecule has 0 aromatic heterocycles. The highest BCUT2D eigenvalue weighted by molar-refractivity contribution is 6.06. The van der Waals surface area contributed by atoms with Crippen LogP contribution < -0.4 is 10.6 Å². The van der Waals surface area contributed by atoms with Crippen molar-refractivity contribution in [1.29, 1.82) is 0 Å². The first kappa shape index (κ1) is 15.0. The first-order valence-corrected chi connectivity index (χ1v) is 6.87. The van der Waals surface area contributed by atoms with Gasteiger partial charge in [0.25, 0.3) is 0 Å². The van der Waals surface area contributed by atoms with Gasteiger partial charge >= 0.3 is 0 Å². The molecule has 1 aromatic carbocycles. The second kappa shape index (κ2) is 6.35. The van der Waals surface area contributed by atoms with Gasteiger partial charge in [0.05, 0.1) is 0 Å². The standard InChI is InChI=1S/C16H18N2O3/c1-10(16(21)18-14-7-8-14)9-15(20)17-13-5-3-12(4-6-13)11(2)19/h3-6,9,14H,7-8H2,1-2H3,(H,17,20)(H,18,21)/b10-9-. The van der Waals surface area contributed by atoms with Gasteiger partial charge in [-0.05, 0) is 51.0 Å². The minimum Gasteiger partial charge on any atom is -0.350 e. The predicted molar refractivity (Wildman–Crippen MR) is 80.0 cm³/mol. The molecule has 21 heavy (non-hydrogen) atoms. The molecule has 0 atom stereocenters. The number of hydrogen-bond donors (Lipinski definition) is 2. The molecule has 1 fully saturated rings. The lowest BCUT2D eigenvalue weighted by Gasteiger charge is -2.05. The molecule has 0 radical (unpaired) electrons. The zero-order chi connectivity index (χ0) is 15.4. The lowest BCUT2D eigenvalue weighted by molar-refractivity contribution is -0.118. The number of nitrogens with one attached hydrogen (secondary N) is 2. The highest BCUT2D eigenvalue weighted by Crippen LogP contribution is 2.19. The maximum atomic E-state index is 11.8. The summed E-state index contributed by atoms with van der Waals surface area (Å²) in [5.41, 5.74) is 1.54. The summed E-state index contributed by atoms with van der Waals surface area (Å²) in [7, 11) is 0. The van der Waals surface area contributed by atoms with Gasteiger partial charge in [-0.2, -0.15) is 0 Å². The van der Waals surface area contributed by atoms with E-state index in [0.29, 0.717) is 16.8 Å². The summed E-state index contributed by atoms with van der Waals surface area (Å²) in [6, 6.07) is 6.87. The summed E-state index contributed by atoms with van der Waals surface area (Å²) in [6.45, 7) is 3.09. The van der Waals surface area contributed by atoms with Gasteiger partial charge in [0.15, 0.2) is 5.78 Å². The molecule has 0 heterocycles. The van der Waals surface area contributed by atoms with Gasteiger partial charge in [-0.25, -0.2) is 0 Å². The molecule has 2 amide bonds. The van der Waals surface area contributed by atoms with Crippen LogP contribution in [0.3, 0.4) is 0 Å². The van der Waals surface area contributed by atoms with E-state index in [1.54, 1.807) is 31.2 Å². The van der Waals surface area contributed by atoms with Crippen LogP contribution in [0.5, 0.6) is 0 Å². The van der Waals surface area contributed by atoms with Crippen molar-refractivity contribution in [3.05, 3.63) is 41.5 Å². The molecule has 5 nitrogen and oxygen atoms in total. The van der Waals surface area contributed by atoms with E-state index in [9.17, 15) is 14.4 Å². The molecule has 0 spiro atoms. The van der Waals surface area contributed by atoms with E-state index in [2.05, 4.69) is 10.6 Å². The molecule has 0 aliphatic heterocycles. The minimum absolute atomic E-state index is 0.0274. The molecule has 1 saturated carbocycles. The Balaban J connectivity index is 1.93. The number of Topliss-reactive ketones (excluding diaryl/α,β-unsaturated/α-hetero) is 1. The normalized spacial score (nSPS) is 14.5. The number of ketones is 1. The maximum absolute atomic E-state index is 11.8. The van der Waals surface area contributed by atoms with Gasteiger partial charge in [-0.3, -0.25) is 14.4 Å². The molecule has 1 aliphatic carbocycles. The van der Waals surface area contributed by atoms with Crippen molar-refractivity contribution < 1.29 is 14.4 Å². The highest BCUT2D eigenvalue weighted by Gasteiger charge is 2.23.